The van der Waals surface area contributed by atoms with Gasteiger partial charge in [-0.15, -0.1) is 0 Å². The summed E-state index contributed by atoms with van der Waals surface area (Å²) in [5.41, 5.74) is 10.5. The van der Waals surface area contributed by atoms with Crippen LogP contribution in [0.1, 0.15) is 13.8 Å². The lowest BCUT2D eigenvalue weighted by Crippen LogP contribution is -2.50. The zero-order valence-electron chi connectivity index (χ0n) is 5.98. The van der Waals surface area contributed by atoms with Gasteiger partial charge in [-0.3, -0.25) is 4.57 Å². The molecule has 0 unspecified atom stereocenters. The molecule has 0 aliphatic carbocycles. The molecule has 0 aromatic heterocycles. The molecule has 10 heavy (non-hydrogen) atoms. The average molecular weight is 168 g/mol. The van der Waals surface area contributed by atoms with Gasteiger partial charge in [-0.2, -0.15) is 0 Å². The Balaban J connectivity index is 4.58. The number of hydrogen-bond donors (Lipinski definition) is 4. The quantitative estimate of drug-likeness (QED) is 0.403. The number of hydrogen-bond acceptors (Lipinski definition) is 3. The lowest BCUT2D eigenvalue weighted by Gasteiger charge is -2.29. The largest absolute Gasteiger partial charge is 0.346 e. The molecule has 0 spiro atoms. The van der Waals surface area contributed by atoms with Crippen LogP contribution in [0.5, 0.6) is 0 Å². The Labute approximate surface area is 59.6 Å². The van der Waals surface area contributed by atoms with Crippen molar-refractivity contribution >= 4 is 7.60 Å². The van der Waals surface area contributed by atoms with Crippen LogP contribution in [-0.2, 0) is 4.57 Å². The summed E-state index contributed by atoms with van der Waals surface area (Å²) in [7, 11) is -4.27. The van der Waals surface area contributed by atoms with Gasteiger partial charge >= 0.3 is 7.60 Å². The van der Waals surface area contributed by atoms with E-state index in [1.54, 1.807) is 0 Å². The molecule has 6 heteroatoms. The highest BCUT2D eigenvalue weighted by Gasteiger charge is 2.41. The van der Waals surface area contributed by atoms with Crippen LogP contribution >= 0.6 is 7.60 Å². The Hall–Kier alpha value is 0.0700. The first kappa shape index (κ1) is 10.1. The molecule has 0 fully saturated rings. The molecule has 0 amide bonds. The highest BCUT2D eigenvalue weighted by atomic mass is 31.2. The normalized spacial score (nSPS) is 21.8. The van der Waals surface area contributed by atoms with Gasteiger partial charge in [0.1, 0.15) is 5.28 Å². The Morgan fingerprint density at radius 1 is 1.60 bits per heavy atom. The van der Waals surface area contributed by atoms with Gasteiger partial charge in [0, 0.05) is 6.04 Å². The van der Waals surface area contributed by atoms with Crippen LogP contribution in [0.25, 0.3) is 0 Å². The van der Waals surface area contributed by atoms with E-state index in [1.807, 2.05) is 0 Å². The van der Waals surface area contributed by atoms with Gasteiger partial charge < -0.3 is 21.3 Å². The molecule has 0 radical (unpaired) electrons. The first-order valence-electron chi connectivity index (χ1n) is 2.79. The van der Waals surface area contributed by atoms with E-state index in [4.69, 9.17) is 21.3 Å². The highest BCUT2D eigenvalue weighted by molar-refractivity contribution is 7.53. The van der Waals surface area contributed by atoms with E-state index in [2.05, 4.69) is 0 Å². The zero-order chi connectivity index (χ0) is 8.58. The zero-order valence-corrected chi connectivity index (χ0v) is 6.88. The van der Waals surface area contributed by atoms with E-state index in [0.717, 1.165) is 0 Å². The molecule has 0 saturated heterocycles. The first-order valence-corrected chi connectivity index (χ1v) is 4.41. The highest BCUT2D eigenvalue weighted by Crippen LogP contribution is 2.47. The fraction of sp³-hybridized carbons (Fsp3) is 1.00. The standard InChI is InChI=1S/C4H13N2O3P/c1-3(5)4(2,6)10(7,8)9/h3H,5-6H2,1-2H3,(H2,7,8,9)/t3-,4+/m1/s1. The van der Waals surface area contributed by atoms with E-state index in [1.165, 1.54) is 13.8 Å². The van der Waals surface area contributed by atoms with Crippen LogP contribution in [-0.4, -0.2) is 21.1 Å². The van der Waals surface area contributed by atoms with Crippen molar-refractivity contribution in [2.45, 2.75) is 25.2 Å². The molecule has 0 aromatic rings. The molecule has 0 aliphatic rings. The fourth-order valence-corrected chi connectivity index (χ4v) is 0.796. The van der Waals surface area contributed by atoms with E-state index in [-0.39, 0.29) is 0 Å². The van der Waals surface area contributed by atoms with Crippen LogP contribution in [0.15, 0.2) is 0 Å². The summed E-state index contributed by atoms with van der Waals surface area (Å²) in [5, 5.41) is -1.62. The van der Waals surface area contributed by atoms with Crippen LogP contribution in [0.4, 0.5) is 0 Å². The predicted molar refractivity (Wildman–Crippen MR) is 38.3 cm³/mol. The minimum absolute atomic E-state index is 0.728. The van der Waals surface area contributed by atoms with Crippen molar-refractivity contribution in [1.82, 2.24) is 0 Å². The van der Waals surface area contributed by atoms with E-state index < -0.39 is 18.9 Å². The first-order chi connectivity index (χ1) is 4.19. The Morgan fingerprint density at radius 3 is 1.90 bits per heavy atom. The van der Waals surface area contributed by atoms with Crippen LogP contribution in [0.3, 0.4) is 0 Å². The molecular formula is C4H13N2O3P. The molecular weight excluding hydrogens is 155 g/mol. The van der Waals surface area contributed by atoms with Crippen molar-refractivity contribution in [2.24, 2.45) is 11.5 Å². The second-order valence-electron chi connectivity index (χ2n) is 2.56. The summed E-state index contributed by atoms with van der Waals surface area (Å²) in [6, 6.07) is -0.728. The topological polar surface area (TPSA) is 110 Å². The second kappa shape index (κ2) is 2.60. The van der Waals surface area contributed by atoms with Crippen molar-refractivity contribution in [2.75, 3.05) is 0 Å². The van der Waals surface area contributed by atoms with E-state index in [0.29, 0.717) is 0 Å². The molecule has 0 aliphatic heterocycles. The van der Waals surface area contributed by atoms with Gasteiger partial charge in [0.2, 0.25) is 0 Å². The minimum Gasteiger partial charge on any atom is -0.326 e. The smallest absolute Gasteiger partial charge is 0.326 e. The van der Waals surface area contributed by atoms with Crippen molar-refractivity contribution in [1.29, 1.82) is 0 Å². The van der Waals surface area contributed by atoms with E-state index in [9.17, 15) is 4.57 Å². The van der Waals surface area contributed by atoms with Crippen LogP contribution in [0.2, 0.25) is 0 Å². The number of nitrogens with two attached hydrogens (primary N) is 2. The maximum absolute atomic E-state index is 10.6. The summed E-state index contributed by atoms with van der Waals surface area (Å²) >= 11 is 0. The summed E-state index contributed by atoms with van der Waals surface area (Å²) < 4.78 is 10.6. The molecule has 2 atom stereocenters. The summed E-state index contributed by atoms with van der Waals surface area (Å²) in [5.74, 6) is 0. The molecule has 62 valence electrons. The molecule has 0 heterocycles. The van der Waals surface area contributed by atoms with Crippen LogP contribution < -0.4 is 11.5 Å². The van der Waals surface area contributed by atoms with Gasteiger partial charge in [-0.1, -0.05) is 0 Å². The molecule has 0 bridgehead atoms. The Bertz CT molecular complexity index is 162. The molecule has 0 saturated carbocycles. The van der Waals surface area contributed by atoms with Crippen molar-refractivity contribution in [3.63, 3.8) is 0 Å². The molecule has 0 aromatic carbocycles. The SMILES string of the molecule is C[C@@H](N)[C@@](C)(N)P(=O)(O)O. The van der Waals surface area contributed by atoms with Gasteiger partial charge in [0.05, 0.1) is 0 Å². The van der Waals surface area contributed by atoms with Gasteiger partial charge in [0.25, 0.3) is 0 Å². The summed E-state index contributed by atoms with van der Waals surface area (Å²) in [6.07, 6.45) is 0. The average Bonchev–Trinajstić information content (AvgIpc) is 1.62. The molecule has 6 N–H and O–H groups in total. The van der Waals surface area contributed by atoms with Crippen molar-refractivity contribution < 1.29 is 14.4 Å². The van der Waals surface area contributed by atoms with Gasteiger partial charge in [-0.05, 0) is 13.8 Å². The summed E-state index contributed by atoms with van der Waals surface area (Å²) in [6.45, 7) is 2.69. The van der Waals surface area contributed by atoms with Gasteiger partial charge in [0.15, 0.2) is 0 Å². The fourth-order valence-electron chi connectivity index (χ4n) is 0.265. The number of rotatable bonds is 2. The maximum atomic E-state index is 10.6. The van der Waals surface area contributed by atoms with E-state index >= 15 is 0 Å². The maximum Gasteiger partial charge on any atom is 0.346 e. The molecule has 0 rings (SSSR count). The van der Waals surface area contributed by atoms with Crippen molar-refractivity contribution in [3.05, 3.63) is 0 Å². The third-order valence-corrected chi connectivity index (χ3v) is 3.21. The monoisotopic (exact) mass is 168 g/mol. The molecule has 5 nitrogen and oxygen atoms in total. The summed E-state index contributed by atoms with van der Waals surface area (Å²) in [4.78, 5) is 17.2. The lowest BCUT2D eigenvalue weighted by atomic mass is 10.2. The van der Waals surface area contributed by atoms with Gasteiger partial charge in [-0.25, -0.2) is 0 Å². The van der Waals surface area contributed by atoms with Crippen molar-refractivity contribution in [3.8, 4) is 0 Å². The third kappa shape index (κ3) is 1.78. The Morgan fingerprint density at radius 2 is 1.90 bits per heavy atom. The lowest BCUT2D eigenvalue weighted by molar-refractivity contribution is 0.317. The predicted octanol–water partition coefficient (Wildman–Crippen LogP) is -0.814. The Kier molecular flexibility index (Phi) is 2.62. The van der Waals surface area contributed by atoms with Crippen LogP contribution in [0, 0.1) is 0 Å². The second-order valence-corrected chi connectivity index (χ2v) is 4.61. The minimum atomic E-state index is -4.27. The third-order valence-electron chi connectivity index (χ3n) is 1.55.